The molecular weight excluding hydrogens is 210 g/mol. The summed E-state index contributed by atoms with van der Waals surface area (Å²) in [6.45, 7) is 0.937. The molecular formula is C15H21NO. The Labute approximate surface area is 103 Å². The van der Waals surface area contributed by atoms with E-state index in [1.807, 2.05) is 18.2 Å². The van der Waals surface area contributed by atoms with Crippen LogP contribution >= 0.6 is 0 Å². The maximum atomic E-state index is 11.1. The van der Waals surface area contributed by atoms with Crippen LogP contribution in [0.25, 0.3) is 0 Å². The second-order valence-corrected chi connectivity index (χ2v) is 5.49. The fourth-order valence-electron chi connectivity index (χ4n) is 3.67. The van der Waals surface area contributed by atoms with Crippen LogP contribution in [0.5, 0.6) is 0 Å². The molecule has 1 aliphatic heterocycles. The van der Waals surface area contributed by atoms with Gasteiger partial charge in [-0.1, -0.05) is 43.2 Å². The van der Waals surface area contributed by atoms with Crippen LogP contribution in [-0.4, -0.2) is 17.7 Å². The normalized spacial score (nSPS) is 37.5. The molecule has 2 fully saturated rings. The van der Waals surface area contributed by atoms with Gasteiger partial charge in [-0.2, -0.15) is 0 Å². The van der Waals surface area contributed by atoms with Crippen LogP contribution in [0.4, 0.5) is 0 Å². The van der Waals surface area contributed by atoms with E-state index in [9.17, 15) is 5.11 Å². The number of piperidine rings is 1. The van der Waals surface area contributed by atoms with Gasteiger partial charge < -0.3 is 10.4 Å². The number of aliphatic hydroxyl groups is 1. The summed E-state index contributed by atoms with van der Waals surface area (Å²) in [5.41, 5.74) is 0.510. The highest BCUT2D eigenvalue weighted by molar-refractivity contribution is 5.25. The minimum Gasteiger partial charge on any atom is -0.385 e. The smallest absolute Gasteiger partial charge is 0.0951 e. The van der Waals surface area contributed by atoms with Crippen LogP contribution in [0.3, 0.4) is 0 Å². The van der Waals surface area contributed by atoms with E-state index in [-0.39, 0.29) is 0 Å². The van der Waals surface area contributed by atoms with Crippen molar-refractivity contribution in [3.05, 3.63) is 35.9 Å². The summed E-state index contributed by atoms with van der Waals surface area (Å²) in [4.78, 5) is 0. The van der Waals surface area contributed by atoms with Gasteiger partial charge in [0, 0.05) is 12.0 Å². The lowest BCUT2D eigenvalue weighted by Gasteiger charge is -2.48. The number of hydrogen-bond acceptors (Lipinski definition) is 2. The third-order valence-corrected chi connectivity index (χ3v) is 4.57. The Hall–Kier alpha value is -0.860. The third kappa shape index (κ3) is 1.90. The van der Waals surface area contributed by atoms with Gasteiger partial charge in [-0.05, 0) is 31.4 Å². The van der Waals surface area contributed by atoms with Crippen molar-refractivity contribution in [2.75, 3.05) is 6.54 Å². The van der Waals surface area contributed by atoms with Gasteiger partial charge in [-0.15, -0.1) is 0 Å². The largest absolute Gasteiger partial charge is 0.385 e. The van der Waals surface area contributed by atoms with Crippen LogP contribution in [0.15, 0.2) is 30.3 Å². The Morgan fingerprint density at radius 2 is 1.88 bits per heavy atom. The van der Waals surface area contributed by atoms with Gasteiger partial charge in [0.1, 0.15) is 0 Å². The molecule has 2 N–H and O–H groups in total. The fourth-order valence-corrected chi connectivity index (χ4v) is 3.67. The molecule has 1 saturated heterocycles. The van der Waals surface area contributed by atoms with Crippen LogP contribution in [0.2, 0.25) is 0 Å². The minimum atomic E-state index is -0.600. The van der Waals surface area contributed by atoms with Gasteiger partial charge >= 0.3 is 0 Å². The molecule has 3 rings (SSSR count). The number of benzene rings is 1. The maximum Gasteiger partial charge on any atom is 0.0951 e. The molecule has 0 radical (unpaired) electrons. The first-order valence-corrected chi connectivity index (χ1v) is 6.82. The number of hydrogen-bond donors (Lipinski definition) is 2. The van der Waals surface area contributed by atoms with Crippen LogP contribution in [-0.2, 0) is 5.60 Å². The summed E-state index contributed by atoms with van der Waals surface area (Å²) in [6, 6.07) is 10.8. The second-order valence-electron chi connectivity index (χ2n) is 5.49. The highest BCUT2D eigenvalue weighted by atomic mass is 16.3. The Morgan fingerprint density at radius 3 is 2.71 bits per heavy atom. The lowest BCUT2D eigenvalue weighted by molar-refractivity contribution is -0.0780. The number of nitrogens with one attached hydrogen (secondary N) is 1. The molecule has 0 aromatic heterocycles. The zero-order chi connectivity index (χ0) is 11.7. The Kier molecular flexibility index (Phi) is 2.93. The van der Waals surface area contributed by atoms with Gasteiger partial charge in [0.15, 0.2) is 0 Å². The van der Waals surface area contributed by atoms with E-state index in [1.165, 1.54) is 19.3 Å². The Balaban J connectivity index is 1.94. The first kappa shape index (κ1) is 11.2. The third-order valence-electron chi connectivity index (χ3n) is 4.57. The Morgan fingerprint density at radius 1 is 1.12 bits per heavy atom. The highest BCUT2D eigenvalue weighted by Gasteiger charge is 2.45. The summed E-state index contributed by atoms with van der Waals surface area (Å²) in [5, 5.41) is 14.7. The number of rotatable bonds is 1. The molecule has 0 amide bonds. The first-order valence-electron chi connectivity index (χ1n) is 6.82. The summed E-state index contributed by atoms with van der Waals surface area (Å²) in [5.74, 6) is 0.396. The van der Waals surface area contributed by atoms with E-state index >= 15 is 0 Å². The van der Waals surface area contributed by atoms with Gasteiger partial charge in [0.2, 0.25) is 0 Å². The van der Waals surface area contributed by atoms with E-state index < -0.39 is 5.60 Å². The number of fused-ring (bicyclic) bond motifs is 1. The predicted octanol–water partition coefficient (Wildman–Crippen LogP) is 2.43. The average molecular weight is 231 g/mol. The molecule has 0 bridgehead atoms. The van der Waals surface area contributed by atoms with Crippen molar-refractivity contribution in [2.45, 2.75) is 43.7 Å². The molecule has 2 aliphatic rings. The molecule has 3 atom stereocenters. The van der Waals surface area contributed by atoms with Crippen molar-refractivity contribution in [1.29, 1.82) is 0 Å². The quantitative estimate of drug-likeness (QED) is 0.778. The van der Waals surface area contributed by atoms with Gasteiger partial charge in [-0.25, -0.2) is 0 Å². The minimum absolute atomic E-state index is 0.396. The lowest BCUT2D eigenvalue weighted by Crippen LogP contribution is -2.55. The fraction of sp³-hybridized carbons (Fsp3) is 0.600. The summed E-state index contributed by atoms with van der Waals surface area (Å²) in [6.07, 6.45) is 5.79. The van der Waals surface area contributed by atoms with Crippen molar-refractivity contribution in [1.82, 2.24) is 5.32 Å². The lowest BCUT2D eigenvalue weighted by atomic mass is 9.67. The molecule has 2 heteroatoms. The van der Waals surface area contributed by atoms with Crippen molar-refractivity contribution in [2.24, 2.45) is 5.92 Å². The molecule has 2 unspecified atom stereocenters. The van der Waals surface area contributed by atoms with E-state index in [4.69, 9.17) is 0 Å². The second kappa shape index (κ2) is 4.43. The zero-order valence-electron chi connectivity index (χ0n) is 10.2. The van der Waals surface area contributed by atoms with Crippen molar-refractivity contribution < 1.29 is 5.11 Å². The van der Waals surface area contributed by atoms with Gasteiger partial charge in [0.25, 0.3) is 0 Å². The topological polar surface area (TPSA) is 32.3 Å². The first-order chi connectivity index (χ1) is 8.31. The SMILES string of the molecule is O[C@@]1(c2ccccc2)CCNC2CCCCC21. The van der Waals surface area contributed by atoms with Gasteiger partial charge in [0.05, 0.1) is 5.60 Å². The Bertz CT molecular complexity index is 376. The van der Waals surface area contributed by atoms with E-state index in [2.05, 4.69) is 17.4 Å². The summed E-state index contributed by atoms with van der Waals surface area (Å²) in [7, 11) is 0. The molecule has 1 saturated carbocycles. The van der Waals surface area contributed by atoms with Crippen LogP contribution in [0.1, 0.15) is 37.7 Å². The zero-order valence-corrected chi connectivity index (χ0v) is 10.2. The average Bonchev–Trinajstić information content (AvgIpc) is 2.40. The highest BCUT2D eigenvalue weighted by Crippen LogP contribution is 2.43. The monoisotopic (exact) mass is 231 g/mol. The molecule has 1 aromatic rings. The molecule has 1 heterocycles. The van der Waals surface area contributed by atoms with Gasteiger partial charge in [-0.3, -0.25) is 0 Å². The van der Waals surface area contributed by atoms with Crippen molar-refractivity contribution >= 4 is 0 Å². The summed E-state index contributed by atoms with van der Waals surface area (Å²) >= 11 is 0. The standard InChI is InChI=1S/C15H21NO/c17-15(12-6-2-1-3-7-12)10-11-16-14-9-5-4-8-13(14)15/h1-3,6-7,13-14,16-17H,4-5,8-11H2/t13?,14?,15-/m1/s1. The molecule has 2 nitrogen and oxygen atoms in total. The molecule has 92 valence electrons. The maximum absolute atomic E-state index is 11.1. The molecule has 0 spiro atoms. The predicted molar refractivity (Wildman–Crippen MR) is 68.7 cm³/mol. The van der Waals surface area contributed by atoms with E-state index in [0.717, 1.165) is 24.9 Å². The van der Waals surface area contributed by atoms with E-state index in [1.54, 1.807) is 0 Å². The summed E-state index contributed by atoms with van der Waals surface area (Å²) < 4.78 is 0. The molecule has 1 aliphatic carbocycles. The molecule has 17 heavy (non-hydrogen) atoms. The van der Waals surface area contributed by atoms with Crippen molar-refractivity contribution in [3.63, 3.8) is 0 Å². The van der Waals surface area contributed by atoms with Crippen LogP contribution in [0, 0.1) is 5.92 Å². The van der Waals surface area contributed by atoms with Crippen LogP contribution < -0.4 is 5.32 Å². The van der Waals surface area contributed by atoms with E-state index in [0.29, 0.717) is 12.0 Å². The van der Waals surface area contributed by atoms with Crippen molar-refractivity contribution in [3.8, 4) is 0 Å². The molecule has 1 aromatic carbocycles.